The van der Waals surface area contributed by atoms with Gasteiger partial charge in [-0.3, -0.25) is 4.79 Å². The third-order valence-electron chi connectivity index (χ3n) is 4.47. The average Bonchev–Trinajstić information content (AvgIpc) is 2.65. The molecule has 1 heterocycles. The summed E-state index contributed by atoms with van der Waals surface area (Å²) in [5.74, 6) is -0.350. The minimum absolute atomic E-state index is 0.131. The number of benzene rings is 3. The van der Waals surface area contributed by atoms with Crippen molar-refractivity contribution in [1.82, 2.24) is 4.57 Å². The molecule has 25 heavy (non-hydrogen) atoms. The van der Waals surface area contributed by atoms with Gasteiger partial charge in [-0.2, -0.15) is 0 Å². The van der Waals surface area contributed by atoms with Gasteiger partial charge >= 0.3 is 0 Å². The summed E-state index contributed by atoms with van der Waals surface area (Å²) in [5.41, 5.74) is 3.39. The van der Waals surface area contributed by atoms with Crippen molar-refractivity contribution in [2.75, 3.05) is 0 Å². The molecule has 0 aliphatic rings. The second-order valence-corrected chi connectivity index (χ2v) is 6.01. The van der Waals surface area contributed by atoms with Crippen LogP contribution >= 0.6 is 0 Å². The van der Waals surface area contributed by atoms with Crippen LogP contribution in [0.4, 0.5) is 4.39 Å². The van der Waals surface area contributed by atoms with Gasteiger partial charge in [-0.05, 0) is 29.3 Å². The van der Waals surface area contributed by atoms with Crippen LogP contribution in [0.2, 0.25) is 0 Å². The van der Waals surface area contributed by atoms with Gasteiger partial charge in [0.25, 0.3) is 5.56 Å². The molecule has 4 rings (SSSR count). The molecular weight excluding hydrogens is 313 g/mol. The Kier molecular flexibility index (Phi) is 3.69. The van der Waals surface area contributed by atoms with E-state index in [-0.39, 0.29) is 11.4 Å². The maximum atomic E-state index is 14.0. The minimum atomic E-state index is -0.350. The molecule has 0 spiro atoms. The molecule has 0 amide bonds. The highest BCUT2D eigenvalue weighted by Gasteiger charge is 2.18. The summed E-state index contributed by atoms with van der Waals surface area (Å²) >= 11 is 0. The summed E-state index contributed by atoms with van der Waals surface area (Å²) in [7, 11) is 1.76. The van der Waals surface area contributed by atoms with Gasteiger partial charge in [0.05, 0.1) is 5.69 Å². The van der Waals surface area contributed by atoms with Crippen molar-refractivity contribution in [3.05, 3.63) is 95.0 Å². The van der Waals surface area contributed by atoms with E-state index in [0.717, 1.165) is 22.4 Å². The first-order valence-corrected chi connectivity index (χ1v) is 8.10. The van der Waals surface area contributed by atoms with E-state index in [4.69, 9.17) is 0 Å². The fraction of sp³-hybridized carbons (Fsp3) is 0.0455. The van der Waals surface area contributed by atoms with Gasteiger partial charge in [0.1, 0.15) is 5.82 Å². The lowest BCUT2D eigenvalue weighted by Gasteiger charge is -2.18. The van der Waals surface area contributed by atoms with Crippen LogP contribution in [0.15, 0.2) is 83.7 Å². The molecule has 4 aromatic rings. The Balaban J connectivity index is 2.24. The molecule has 0 atom stereocenters. The lowest BCUT2D eigenvalue weighted by atomic mass is 9.93. The molecule has 0 bridgehead atoms. The van der Waals surface area contributed by atoms with Crippen LogP contribution in [0, 0.1) is 5.82 Å². The van der Waals surface area contributed by atoms with E-state index < -0.39 is 0 Å². The fourth-order valence-electron chi connectivity index (χ4n) is 3.32. The van der Waals surface area contributed by atoms with Gasteiger partial charge in [-0.15, -0.1) is 0 Å². The van der Waals surface area contributed by atoms with Gasteiger partial charge in [0, 0.05) is 23.4 Å². The first-order chi connectivity index (χ1) is 12.2. The van der Waals surface area contributed by atoms with E-state index in [1.54, 1.807) is 17.7 Å². The molecular formula is C22H16FNO. The van der Waals surface area contributed by atoms with Crippen LogP contribution in [-0.4, -0.2) is 4.57 Å². The Morgan fingerprint density at radius 2 is 1.36 bits per heavy atom. The predicted molar refractivity (Wildman–Crippen MR) is 100 cm³/mol. The molecule has 0 N–H and O–H groups in total. The highest BCUT2D eigenvalue weighted by Crippen LogP contribution is 2.36. The van der Waals surface area contributed by atoms with E-state index in [1.165, 1.54) is 12.1 Å². The van der Waals surface area contributed by atoms with Crippen molar-refractivity contribution in [2.45, 2.75) is 0 Å². The quantitative estimate of drug-likeness (QED) is 0.506. The largest absolute Gasteiger partial charge is 0.310 e. The third-order valence-corrected chi connectivity index (χ3v) is 4.47. The molecule has 1 aromatic heterocycles. The van der Waals surface area contributed by atoms with E-state index in [9.17, 15) is 9.18 Å². The van der Waals surface area contributed by atoms with Gasteiger partial charge in [0.15, 0.2) is 0 Å². The van der Waals surface area contributed by atoms with Gasteiger partial charge < -0.3 is 4.57 Å². The number of hydrogen-bond acceptors (Lipinski definition) is 1. The molecule has 2 nitrogen and oxygen atoms in total. The first kappa shape index (κ1) is 15.3. The van der Waals surface area contributed by atoms with Crippen LogP contribution in [0.25, 0.3) is 33.2 Å². The summed E-state index contributed by atoms with van der Waals surface area (Å²) < 4.78 is 15.6. The lowest BCUT2D eigenvalue weighted by Crippen LogP contribution is -2.20. The van der Waals surface area contributed by atoms with E-state index in [1.807, 2.05) is 60.7 Å². The monoisotopic (exact) mass is 329 g/mol. The molecule has 0 saturated heterocycles. The highest BCUT2D eigenvalue weighted by atomic mass is 19.1. The Morgan fingerprint density at radius 1 is 0.760 bits per heavy atom. The summed E-state index contributed by atoms with van der Waals surface area (Å²) in [6, 6.07) is 23.9. The number of rotatable bonds is 2. The summed E-state index contributed by atoms with van der Waals surface area (Å²) in [4.78, 5) is 12.9. The van der Waals surface area contributed by atoms with Crippen LogP contribution in [-0.2, 0) is 7.05 Å². The van der Waals surface area contributed by atoms with Crippen molar-refractivity contribution in [3.8, 4) is 22.4 Å². The third kappa shape index (κ3) is 2.54. The van der Waals surface area contributed by atoms with Crippen LogP contribution in [0.1, 0.15) is 0 Å². The molecule has 3 heteroatoms. The van der Waals surface area contributed by atoms with Gasteiger partial charge in [-0.1, -0.05) is 60.7 Å². The SMILES string of the molecule is Cn1c(-c2ccccc2)c(-c2ccccc2)c2cc(F)ccc2c1=O. The first-order valence-electron chi connectivity index (χ1n) is 8.10. The second-order valence-electron chi connectivity index (χ2n) is 6.01. The Bertz CT molecular complexity index is 1120. The van der Waals surface area contributed by atoms with Crippen molar-refractivity contribution < 1.29 is 4.39 Å². The number of aromatic nitrogens is 1. The van der Waals surface area contributed by atoms with Crippen LogP contribution in [0.5, 0.6) is 0 Å². The second kappa shape index (κ2) is 6.02. The number of nitrogens with zero attached hydrogens (tertiary/aromatic N) is 1. The predicted octanol–water partition coefficient (Wildman–Crippen LogP) is 5.01. The van der Waals surface area contributed by atoms with Crippen molar-refractivity contribution in [1.29, 1.82) is 0 Å². The fourth-order valence-corrected chi connectivity index (χ4v) is 3.32. The summed E-state index contributed by atoms with van der Waals surface area (Å²) in [6.07, 6.45) is 0. The van der Waals surface area contributed by atoms with Crippen molar-refractivity contribution >= 4 is 10.8 Å². The molecule has 0 radical (unpaired) electrons. The number of fused-ring (bicyclic) bond motifs is 1. The standard InChI is InChI=1S/C22H16FNO/c1-24-21(16-10-6-3-7-11-16)20(15-8-4-2-5-9-15)19-14-17(23)12-13-18(19)22(24)25/h2-14H,1H3. The molecule has 0 aliphatic carbocycles. The van der Waals surface area contributed by atoms with Gasteiger partial charge in [-0.25, -0.2) is 4.39 Å². The Morgan fingerprint density at radius 3 is 2.00 bits per heavy atom. The van der Waals surface area contributed by atoms with E-state index >= 15 is 0 Å². The number of pyridine rings is 1. The topological polar surface area (TPSA) is 22.0 Å². The zero-order valence-electron chi connectivity index (χ0n) is 13.7. The molecule has 0 saturated carbocycles. The minimum Gasteiger partial charge on any atom is -0.310 e. The molecule has 0 unspecified atom stereocenters. The Labute approximate surface area is 144 Å². The molecule has 0 fully saturated rings. The number of halogens is 1. The maximum absolute atomic E-state index is 14.0. The molecule has 0 aliphatic heterocycles. The van der Waals surface area contributed by atoms with Crippen molar-refractivity contribution in [3.63, 3.8) is 0 Å². The summed E-state index contributed by atoms with van der Waals surface area (Å²) in [5, 5.41) is 1.15. The Hall–Kier alpha value is -3.20. The zero-order chi connectivity index (χ0) is 17.4. The lowest BCUT2D eigenvalue weighted by molar-refractivity contribution is 0.629. The maximum Gasteiger partial charge on any atom is 0.258 e. The average molecular weight is 329 g/mol. The summed E-state index contributed by atoms with van der Waals surface area (Å²) in [6.45, 7) is 0. The van der Waals surface area contributed by atoms with Crippen molar-refractivity contribution in [2.24, 2.45) is 7.05 Å². The number of hydrogen-bond donors (Lipinski definition) is 0. The van der Waals surface area contributed by atoms with Crippen LogP contribution in [0.3, 0.4) is 0 Å². The molecule has 3 aromatic carbocycles. The van der Waals surface area contributed by atoms with Crippen LogP contribution < -0.4 is 5.56 Å². The smallest absolute Gasteiger partial charge is 0.258 e. The highest BCUT2D eigenvalue weighted by molar-refractivity contribution is 6.02. The van der Waals surface area contributed by atoms with Gasteiger partial charge in [0.2, 0.25) is 0 Å². The van der Waals surface area contributed by atoms with E-state index in [2.05, 4.69) is 0 Å². The normalized spacial score (nSPS) is 11.0. The molecule has 122 valence electrons. The zero-order valence-corrected chi connectivity index (χ0v) is 13.7. The van der Waals surface area contributed by atoms with E-state index in [0.29, 0.717) is 10.8 Å².